The summed E-state index contributed by atoms with van der Waals surface area (Å²) < 4.78 is 0.867. The van der Waals surface area contributed by atoms with Crippen molar-refractivity contribution >= 4 is 33.4 Å². The van der Waals surface area contributed by atoms with Crippen LogP contribution in [-0.4, -0.2) is 12.5 Å². The average Bonchev–Trinajstić information content (AvgIpc) is 2.75. The number of hydrogen-bond acceptors (Lipinski definition) is 1. The Bertz CT molecular complexity index is 449. The van der Waals surface area contributed by atoms with E-state index < -0.39 is 0 Å². The molecule has 0 heterocycles. The van der Waals surface area contributed by atoms with Gasteiger partial charge in [0, 0.05) is 11.0 Å². The molecule has 2 unspecified atom stereocenters. The van der Waals surface area contributed by atoms with Crippen LogP contribution in [0.15, 0.2) is 22.7 Å². The van der Waals surface area contributed by atoms with Gasteiger partial charge in [-0.25, -0.2) is 0 Å². The van der Waals surface area contributed by atoms with Crippen LogP contribution in [0, 0.1) is 11.8 Å². The minimum Gasteiger partial charge on any atom is -0.352 e. The molecule has 0 spiro atoms. The van der Waals surface area contributed by atoms with Crippen LogP contribution < -0.4 is 5.32 Å². The Kier molecular flexibility index (Phi) is 4.68. The fourth-order valence-corrected chi connectivity index (χ4v) is 3.08. The smallest absolute Gasteiger partial charge is 0.252 e. The van der Waals surface area contributed by atoms with Crippen LogP contribution >= 0.6 is 27.5 Å². The SMILES string of the molecule is CC1CCC(CNC(=O)c2cc(Br)ccc2Cl)C1. The largest absolute Gasteiger partial charge is 0.352 e. The highest BCUT2D eigenvalue weighted by Gasteiger charge is 2.22. The van der Waals surface area contributed by atoms with Crippen LogP contribution in [0.4, 0.5) is 0 Å². The van der Waals surface area contributed by atoms with E-state index in [-0.39, 0.29) is 5.91 Å². The van der Waals surface area contributed by atoms with Gasteiger partial charge in [0.05, 0.1) is 10.6 Å². The molecule has 0 aromatic heterocycles. The summed E-state index contributed by atoms with van der Waals surface area (Å²) >= 11 is 9.38. The van der Waals surface area contributed by atoms with Crippen molar-refractivity contribution in [3.8, 4) is 0 Å². The summed E-state index contributed by atoms with van der Waals surface area (Å²) in [7, 11) is 0. The van der Waals surface area contributed by atoms with E-state index in [1.807, 2.05) is 6.07 Å². The molecule has 1 saturated carbocycles. The first-order valence-corrected chi connectivity index (χ1v) is 7.46. The molecule has 0 bridgehead atoms. The number of halogens is 2. The molecule has 98 valence electrons. The van der Waals surface area contributed by atoms with E-state index >= 15 is 0 Å². The first-order valence-electron chi connectivity index (χ1n) is 6.29. The van der Waals surface area contributed by atoms with Gasteiger partial charge < -0.3 is 5.32 Å². The molecule has 1 aliphatic carbocycles. The molecule has 0 radical (unpaired) electrons. The molecule has 1 aromatic rings. The van der Waals surface area contributed by atoms with Gasteiger partial charge in [-0.3, -0.25) is 4.79 Å². The Balaban J connectivity index is 1.93. The van der Waals surface area contributed by atoms with Crippen molar-refractivity contribution in [2.24, 2.45) is 11.8 Å². The Morgan fingerprint density at radius 3 is 2.94 bits per heavy atom. The maximum absolute atomic E-state index is 12.0. The number of hydrogen-bond donors (Lipinski definition) is 1. The average molecular weight is 331 g/mol. The summed E-state index contributed by atoms with van der Waals surface area (Å²) in [5.74, 6) is 1.33. The second-order valence-corrected chi connectivity index (χ2v) is 6.44. The Hall–Kier alpha value is -0.540. The zero-order valence-corrected chi connectivity index (χ0v) is 12.7. The molecular formula is C14H17BrClNO. The van der Waals surface area contributed by atoms with Gasteiger partial charge in [0.2, 0.25) is 0 Å². The highest BCUT2D eigenvalue weighted by atomic mass is 79.9. The fraction of sp³-hybridized carbons (Fsp3) is 0.500. The third-order valence-corrected chi connectivity index (χ3v) is 4.35. The van der Waals surface area contributed by atoms with Gasteiger partial charge in [0.15, 0.2) is 0 Å². The van der Waals surface area contributed by atoms with Gasteiger partial charge in [-0.1, -0.05) is 40.9 Å². The lowest BCUT2D eigenvalue weighted by atomic mass is 10.1. The molecule has 1 amide bonds. The Morgan fingerprint density at radius 1 is 1.50 bits per heavy atom. The monoisotopic (exact) mass is 329 g/mol. The molecule has 0 aliphatic heterocycles. The molecule has 2 atom stereocenters. The molecular weight excluding hydrogens is 314 g/mol. The van der Waals surface area contributed by atoms with Crippen LogP contribution in [0.1, 0.15) is 36.5 Å². The Morgan fingerprint density at radius 2 is 2.28 bits per heavy atom. The van der Waals surface area contributed by atoms with Crippen molar-refractivity contribution in [3.05, 3.63) is 33.3 Å². The standard InChI is InChI=1S/C14H17BrClNO/c1-9-2-3-10(6-9)8-17-14(18)12-7-11(15)4-5-13(12)16/h4-5,7,9-10H,2-3,6,8H2,1H3,(H,17,18). The minimum atomic E-state index is -0.0825. The van der Waals surface area contributed by atoms with Crippen molar-refractivity contribution in [1.29, 1.82) is 0 Å². The number of rotatable bonds is 3. The number of amides is 1. The maximum atomic E-state index is 12.0. The van der Waals surface area contributed by atoms with E-state index in [9.17, 15) is 4.79 Å². The number of carbonyl (C=O) groups excluding carboxylic acids is 1. The highest BCUT2D eigenvalue weighted by molar-refractivity contribution is 9.10. The summed E-state index contributed by atoms with van der Waals surface area (Å²) in [4.78, 5) is 12.0. The predicted octanol–water partition coefficient (Wildman–Crippen LogP) is 4.27. The van der Waals surface area contributed by atoms with E-state index in [0.29, 0.717) is 16.5 Å². The third-order valence-electron chi connectivity index (χ3n) is 3.53. The zero-order chi connectivity index (χ0) is 13.1. The van der Waals surface area contributed by atoms with Crippen LogP contribution in [0.3, 0.4) is 0 Å². The lowest BCUT2D eigenvalue weighted by Gasteiger charge is -2.12. The summed E-state index contributed by atoms with van der Waals surface area (Å²) in [6.45, 7) is 3.03. The maximum Gasteiger partial charge on any atom is 0.252 e. The van der Waals surface area contributed by atoms with Crippen molar-refractivity contribution in [2.75, 3.05) is 6.54 Å². The molecule has 1 fully saturated rings. The van der Waals surface area contributed by atoms with Gasteiger partial charge in [-0.05, 0) is 42.9 Å². The lowest BCUT2D eigenvalue weighted by molar-refractivity contribution is 0.0947. The van der Waals surface area contributed by atoms with E-state index in [4.69, 9.17) is 11.6 Å². The van der Waals surface area contributed by atoms with E-state index in [2.05, 4.69) is 28.2 Å². The summed E-state index contributed by atoms with van der Waals surface area (Å²) in [5, 5.41) is 3.48. The van der Waals surface area contributed by atoms with E-state index in [1.54, 1.807) is 12.1 Å². The zero-order valence-electron chi connectivity index (χ0n) is 10.4. The van der Waals surface area contributed by atoms with Gasteiger partial charge >= 0.3 is 0 Å². The van der Waals surface area contributed by atoms with Gasteiger partial charge in [-0.15, -0.1) is 0 Å². The van der Waals surface area contributed by atoms with Crippen molar-refractivity contribution in [1.82, 2.24) is 5.32 Å². The normalized spacial score (nSPS) is 23.1. The second kappa shape index (κ2) is 6.07. The van der Waals surface area contributed by atoms with Crippen molar-refractivity contribution < 1.29 is 4.79 Å². The van der Waals surface area contributed by atoms with Gasteiger partial charge in [-0.2, -0.15) is 0 Å². The quantitative estimate of drug-likeness (QED) is 0.881. The number of nitrogens with one attached hydrogen (secondary N) is 1. The second-order valence-electron chi connectivity index (χ2n) is 5.12. The van der Waals surface area contributed by atoms with Crippen LogP contribution in [-0.2, 0) is 0 Å². The first-order chi connectivity index (χ1) is 8.56. The molecule has 1 aliphatic rings. The predicted molar refractivity (Wildman–Crippen MR) is 78.0 cm³/mol. The Labute approximate surface area is 121 Å². The summed E-state index contributed by atoms with van der Waals surface area (Å²) in [6.07, 6.45) is 3.71. The number of benzene rings is 1. The van der Waals surface area contributed by atoms with Crippen LogP contribution in [0.5, 0.6) is 0 Å². The fourth-order valence-electron chi connectivity index (χ4n) is 2.51. The van der Waals surface area contributed by atoms with E-state index in [1.165, 1.54) is 19.3 Å². The minimum absolute atomic E-state index is 0.0825. The van der Waals surface area contributed by atoms with Crippen molar-refractivity contribution in [2.45, 2.75) is 26.2 Å². The van der Waals surface area contributed by atoms with Gasteiger partial charge in [0.25, 0.3) is 5.91 Å². The summed E-state index contributed by atoms with van der Waals surface area (Å²) in [6, 6.07) is 5.32. The molecule has 1 aromatic carbocycles. The summed E-state index contributed by atoms with van der Waals surface area (Å²) in [5.41, 5.74) is 0.539. The van der Waals surface area contributed by atoms with Crippen molar-refractivity contribution in [3.63, 3.8) is 0 Å². The van der Waals surface area contributed by atoms with Crippen LogP contribution in [0.25, 0.3) is 0 Å². The molecule has 2 nitrogen and oxygen atoms in total. The van der Waals surface area contributed by atoms with Gasteiger partial charge in [0.1, 0.15) is 0 Å². The first kappa shape index (κ1) is 13.9. The topological polar surface area (TPSA) is 29.1 Å². The van der Waals surface area contributed by atoms with E-state index in [0.717, 1.165) is 16.9 Å². The molecule has 4 heteroatoms. The highest BCUT2D eigenvalue weighted by Crippen LogP contribution is 2.29. The molecule has 1 N–H and O–H groups in total. The molecule has 18 heavy (non-hydrogen) atoms. The third kappa shape index (κ3) is 3.48. The lowest BCUT2D eigenvalue weighted by Crippen LogP contribution is -2.28. The van der Waals surface area contributed by atoms with Crippen LogP contribution in [0.2, 0.25) is 5.02 Å². The molecule has 2 rings (SSSR count). The molecule has 0 saturated heterocycles. The number of carbonyl (C=O) groups is 1.